The number of hydrogen-bond donors (Lipinski definition) is 1. The summed E-state index contributed by atoms with van der Waals surface area (Å²) in [7, 11) is 0. The topological polar surface area (TPSA) is 21.3 Å². The number of benzene rings is 1. The smallest absolute Gasteiger partial charge is 0.127 e. The van der Waals surface area contributed by atoms with Crippen LogP contribution in [0.1, 0.15) is 57.6 Å². The zero-order chi connectivity index (χ0) is 14.2. The minimum absolute atomic E-state index is 0.159. The van der Waals surface area contributed by atoms with Gasteiger partial charge in [0.05, 0.1) is 0 Å². The number of hydrogen-bond acceptors (Lipinski definition) is 2. The van der Waals surface area contributed by atoms with Crippen molar-refractivity contribution in [1.29, 1.82) is 0 Å². The van der Waals surface area contributed by atoms with Gasteiger partial charge < -0.3 is 10.1 Å². The lowest BCUT2D eigenvalue weighted by molar-refractivity contribution is 0.0342. The predicted molar refractivity (Wildman–Crippen MR) is 78.4 cm³/mol. The van der Waals surface area contributed by atoms with Crippen LogP contribution in [-0.4, -0.2) is 12.1 Å². The molecule has 1 aromatic rings. The van der Waals surface area contributed by atoms with Crippen LogP contribution in [0.15, 0.2) is 18.2 Å². The first kappa shape index (κ1) is 13.9. The second-order valence-corrected chi connectivity index (χ2v) is 6.59. The molecule has 2 aliphatic rings. The van der Waals surface area contributed by atoms with E-state index in [2.05, 4.69) is 19.2 Å². The zero-order valence-electron chi connectivity index (χ0n) is 12.4. The van der Waals surface area contributed by atoms with Crippen molar-refractivity contribution in [1.82, 2.24) is 5.32 Å². The molecular formula is C17H24FNO. The van der Waals surface area contributed by atoms with Crippen molar-refractivity contribution in [3.05, 3.63) is 29.6 Å². The van der Waals surface area contributed by atoms with Gasteiger partial charge in [0.1, 0.15) is 17.2 Å². The first-order valence-electron chi connectivity index (χ1n) is 7.81. The Balaban J connectivity index is 1.85. The monoisotopic (exact) mass is 277 g/mol. The van der Waals surface area contributed by atoms with Crippen LogP contribution in [0.4, 0.5) is 4.39 Å². The number of rotatable bonds is 5. The maximum Gasteiger partial charge on any atom is 0.127 e. The highest BCUT2D eigenvalue weighted by atomic mass is 19.1. The molecule has 3 rings (SSSR count). The van der Waals surface area contributed by atoms with Crippen molar-refractivity contribution in [2.75, 3.05) is 6.54 Å². The first-order chi connectivity index (χ1) is 9.59. The third-order valence-electron chi connectivity index (χ3n) is 4.40. The van der Waals surface area contributed by atoms with Crippen molar-refractivity contribution in [3.63, 3.8) is 0 Å². The molecule has 1 aliphatic carbocycles. The van der Waals surface area contributed by atoms with Gasteiger partial charge in [0, 0.05) is 24.1 Å². The van der Waals surface area contributed by atoms with Crippen LogP contribution in [0.2, 0.25) is 0 Å². The molecule has 20 heavy (non-hydrogen) atoms. The van der Waals surface area contributed by atoms with Crippen LogP contribution >= 0.6 is 0 Å². The predicted octanol–water partition coefficient (Wildman–Crippen LogP) is 4.21. The normalized spacial score (nSPS) is 28.9. The molecule has 1 fully saturated rings. The van der Waals surface area contributed by atoms with Crippen LogP contribution in [0, 0.1) is 11.7 Å². The van der Waals surface area contributed by atoms with Gasteiger partial charge in [-0.25, -0.2) is 4.39 Å². The molecule has 3 heteroatoms. The molecule has 1 saturated carbocycles. The minimum Gasteiger partial charge on any atom is -0.487 e. The van der Waals surface area contributed by atoms with Gasteiger partial charge in [0.15, 0.2) is 0 Å². The summed E-state index contributed by atoms with van der Waals surface area (Å²) in [6.07, 6.45) is 5.81. The molecule has 0 aromatic heterocycles. The Morgan fingerprint density at radius 1 is 1.40 bits per heavy atom. The van der Waals surface area contributed by atoms with Crippen LogP contribution in [0.25, 0.3) is 0 Å². The Morgan fingerprint density at radius 3 is 2.90 bits per heavy atom. The van der Waals surface area contributed by atoms with Crippen LogP contribution in [0.5, 0.6) is 5.75 Å². The van der Waals surface area contributed by atoms with E-state index < -0.39 is 0 Å². The molecule has 0 saturated heterocycles. The summed E-state index contributed by atoms with van der Waals surface area (Å²) in [5.74, 6) is 1.32. The van der Waals surface area contributed by atoms with Gasteiger partial charge in [-0.1, -0.05) is 25.8 Å². The Labute approximate surface area is 120 Å². The fourth-order valence-corrected chi connectivity index (χ4v) is 3.29. The molecule has 2 unspecified atom stereocenters. The second-order valence-electron chi connectivity index (χ2n) is 6.59. The molecule has 1 heterocycles. The standard InChI is InChI=1S/C17H24FNO/c1-3-8-19-15-11-17(2,10-12-4-5-12)20-16-9-13(18)6-7-14(15)16/h6-7,9,12,15,19H,3-5,8,10-11H2,1-2H3. The van der Waals surface area contributed by atoms with E-state index in [0.29, 0.717) is 0 Å². The van der Waals surface area contributed by atoms with E-state index in [0.717, 1.165) is 43.0 Å². The molecule has 110 valence electrons. The first-order valence-corrected chi connectivity index (χ1v) is 7.81. The third kappa shape index (κ3) is 2.98. The van der Waals surface area contributed by atoms with Gasteiger partial charge in [-0.3, -0.25) is 0 Å². The van der Waals surface area contributed by atoms with Crippen molar-refractivity contribution in [2.45, 2.75) is 57.6 Å². The molecule has 2 nitrogen and oxygen atoms in total. The van der Waals surface area contributed by atoms with Crippen LogP contribution < -0.4 is 10.1 Å². The lowest BCUT2D eigenvalue weighted by Gasteiger charge is -2.40. The van der Waals surface area contributed by atoms with E-state index in [1.54, 1.807) is 6.07 Å². The highest BCUT2D eigenvalue weighted by Gasteiger charge is 2.41. The van der Waals surface area contributed by atoms with Gasteiger partial charge in [0.25, 0.3) is 0 Å². The highest BCUT2D eigenvalue weighted by Crippen LogP contribution is 2.46. The number of fused-ring (bicyclic) bond motifs is 1. The Hall–Kier alpha value is -1.09. The van der Waals surface area contributed by atoms with Gasteiger partial charge in [-0.2, -0.15) is 0 Å². The summed E-state index contributed by atoms with van der Waals surface area (Å²) in [6, 6.07) is 5.23. The van der Waals surface area contributed by atoms with Gasteiger partial charge in [0.2, 0.25) is 0 Å². The Morgan fingerprint density at radius 2 is 2.20 bits per heavy atom. The largest absolute Gasteiger partial charge is 0.487 e. The molecule has 0 radical (unpaired) electrons. The highest BCUT2D eigenvalue weighted by molar-refractivity contribution is 5.39. The van der Waals surface area contributed by atoms with Gasteiger partial charge >= 0.3 is 0 Å². The van der Waals surface area contributed by atoms with E-state index in [-0.39, 0.29) is 17.5 Å². The van der Waals surface area contributed by atoms with E-state index in [4.69, 9.17) is 4.74 Å². The molecule has 0 amide bonds. The maximum absolute atomic E-state index is 13.5. The summed E-state index contributed by atoms with van der Waals surface area (Å²) < 4.78 is 19.7. The summed E-state index contributed by atoms with van der Waals surface area (Å²) in [5, 5.41) is 3.59. The SMILES string of the molecule is CCCNC1CC(C)(CC2CC2)Oc2cc(F)ccc21. The molecule has 0 bridgehead atoms. The number of halogens is 1. The lowest BCUT2D eigenvalue weighted by Crippen LogP contribution is -2.42. The van der Waals surface area contributed by atoms with Crippen molar-refractivity contribution < 1.29 is 9.13 Å². The van der Waals surface area contributed by atoms with E-state index in [1.165, 1.54) is 18.9 Å². The fraction of sp³-hybridized carbons (Fsp3) is 0.647. The minimum atomic E-state index is -0.214. The van der Waals surface area contributed by atoms with Gasteiger partial charge in [-0.05, 0) is 38.3 Å². The van der Waals surface area contributed by atoms with E-state index in [9.17, 15) is 4.39 Å². The Kier molecular flexibility index (Phi) is 3.72. The molecule has 1 aromatic carbocycles. The summed E-state index contributed by atoms with van der Waals surface area (Å²) in [6.45, 7) is 5.34. The molecule has 2 atom stereocenters. The van der Waals surface area contributed by atoms with Crippen molar-refractivity contribution >= 4 is 0 Å². The van der Waals surface area contributed by atoms with Crippen LogP contribution in [-0.2, 0) is 0 Å². The zero-order valence-corrected chi connectivity index (χ0v) is 12.4. The second kappa shape index (κ2) is 5.36. The Bertz CT molecular complexity index is 486. The molecular weight excluding hydrogens is 253 g/mol. The van der Waals surface area contributed by atoms with E-state index in [1.807, 2.05) is 6.07 Å². The summed E-state index contributed by atoms with van der Waals surface area (Å²) in [5.41, 5.74) is 0.945. The van der Waals surface area contributed by atoms with Crippen molar-refractivity contribution in [3.8, 4) is 5.75 Å². The lowest BCUT2D eigenvalue weighted by atomic mass is 9.85. The molecule has 1 aliphatic heterocycles. The van der Waals surface area contributed by atoms with Crippen molar-refractivity contribution in [2.24, 2.45) is 5.92 Å². The summed E-state index contributed by atoms with van der Waals surface area (Å²) >= 11 is 0. The van der Waals surface area contributed by atoms with E-state index >= 15 is 0 Å². The average molecular weight is 277 g/mol. The average Bonchev–Trinajstić information content (AvgIpc) is 3.18. The third-order valence-corrected chi connectivity index (χ3v) is 4.40. The summed E-state index contributed by atoms with van der Waals surface area (Å²) in [4.78, 5) is 0. The van der Waals surface area contributed by atoms with Crippen LogP contribution in [0.3, 0.4) is 0 Å². The molecule has 0 spiro atoms. The maximum atomic E-state index is 13.5. The number of ether oxygens (including phenoxy) is 1. The van der Waals surface area contributed by atoms with Gasteiger partial charge in [-0.15, -0.1) is 0 Å². The molecule has 1 N–H and O–H groups in total. The quantitative estimate of drug-likeness (QED) is 0.870. The number of nitrogens with one attached hydrogen (secondary N) is 1. The fourth-order valence-electron chi connectivity index (χ4n) is 3.29.